The first-order valence-electron chi connectivity index (χ1n) is 11.2. The minimum atomic E-state index is -5.08. The van der Waals surface area contributed by atoms with Gasteiger partial charge in [-0.25, -0.2) is 4.79 Å². The number of carboxylic acids is 1. The summed E-state index contributed by atoms with van der Waals surface area (Å²) in [7, 11) is 2.01. The highest BCUT2D eigenvalue weighted by atomic mass is 19.4. The molecule has 3 aromatic rings. The number of carboxylic acid groups (broad SMARTS) is 1. The van der Waals surface area contributed by atoms with Crippen LogP contribution < -0.4 is 10.2 Å². The molecule has 0 spiro atoms. The number of nitrogens with zero attached hydrogens (tertiary/aromatic N) is 2. The molecule has 3 rings (SSSR count). The van der Waals surface area contributed by atoms with E-state index in [0.29, 0.717) is 29.9 Å². The van der Waals surface area contributed by atoms with Gasteiger partial charge in [-0.15, -0.1) is 0 Å². The third-order valence-corrected chi connectivity index (χ3v) is 5.17. The Morgan fingerprint density at radius 1 is 1.00 bits per heavy atom. The van der Waals surface area contributed by atoms with Crippen LogP contribution >= 0.6 is 0 Å². The first-order valence-corrected chi connectivity index (χ1v) is 11.2. The summed E-state index contributed by atoms with van der Waals surface area (Å²) in [5, 5.41) is 13.8. The summed E-state index contributed by atoms with van der Waals surface area (Å²) in [6.07, 6.45) is -6.55. The van der Waals surface area contributed by atoms with Crippen LogP contribution in [-0.4, -0.2) is 48.5 Å². The van der Waals surface area contributed by atoms with Crippen molar-refractivity contribution in [3.05, 3.63) is 71.9 Å². The van der Waals surface area contributed by atoms with E-state index < -0.39 is 23.9 Å². The van der Waals surface area contributed by atoms with E-state index in [1.807, 2.05) is 37.4 Å². The fourth-order valence-corrected chi connectivity index (χ4v) is 3.18. The van der Waals surface area contributed by atoms with Gasteiger partial charge < -0.3 is 19.8 Å². The number of rotatable bonds is 9. The molecule has 0 unspecified atom stereocenters. The van der Waals surface area contributed by atoms with Gasteiger partial charge in [0.1, 0.15) is 0 Å². The highest BCUT2D eigenvalue weighted by molar-refractivity contribution is 5.76. The third kappa shape index (κ3) is 9.79. The number of halogens is 6. The average Bonchev–Trinajstić information content (AvgIpc) is 3.34. The van der Waals surface area contributed by atoms with Crippen molar-refractivity contribution in [2.24, 2.45) is 0 Å². The van der Waals surface area contributed by atoms with Gasteiger partial charge in [-0.3, -0.25) is 4.79 Å². The molecule has 38 heavy (non-hydrogen) atoms. The number of aliphatic carboxylic acids is 1. The Morgan fingerprint density at radius 3 is 2.16 bits per heavy atom. The van der Waals surface area contributed by atoms with Crippen molar-refractivity contribution in [3.63, 3.8) is 0 Å². The largest absolute Gasteiger partial charge is 0.490 e. The van der Waals surface area contributed by atoms with E-state index >= 15 is 0 Å². The minimum Gasteiger partial charge on any atom is -0.475 e. The summed E-state index contributed by atoms with van der Waals surface area (Å²) in [5.41, 5.74) is 1.57. The molecular weight excluding hydrogens is 520 g/mol. The maximum atomic E-state index is 12.7. The number of carbonyl (C=O) groups excluding carboxylic acids is 1. The van der Waals surface area contributed by atoms with Crippen molar-refractivity contribution in [2.45, 2.75) is 31.6 Å². The summed E-state index contributed by atoms with van der Waals surface area (Å²) < 4.78 is 75.1. The van der Waals surface area contributed by atoms with Crippen LogP contribution in [-0.2, 0) is 22.2 Å². The molecule has 1 heterocycles. The predicted molar refractivity (Wildman–Crippen MR) is 126 cm³/mol. The quantitative estimate of drug-likeness (QED) is 0.270. The second-order valence-corrected chi connectivity index (χ2v) is 8.02. The number of hydrogen-bond acceptors (Lipinski definition) is 5. The summed E-state index contributed by atoms with van der Waals surface area (Å²) in [6.45, 7) is 1.37. The van der Waals surface area contributed by atoms with Crippen molar-refractivity contribution in [1.29, 1.82) is 0 Å². The zero-order valence-corrected chi connectivity index (χ0v) is 20.1. The topological polar surface area (TPSA) is 95.7 Å². The number of aryl methyl sites for hydroxylation is 1. The van der Waals surface area contributed by atoms with Crippen LogP contribution in [0.3, 0.4) is 0 Å². The van der Waals surface area contributed by atoms with Crippen LogP contribution in [0.4, 0.5) is 32.0 Å². The summed E-state index contributed by atoms with van der Waals surface area (Å²) in [6, 6.07) is 14.7. The van der Waals surface area contributed by atoms with E-state index in [-0.39, 0.29) is 12.3 Å². The fraction of sp³-hybridized carbons (Fsp3) is 0.320. The third-order valence-electron chi connectivity index (χ3n) is 5.17. The van der Waals surface area contributed by atoms with E-state index in [9.17, 15) is 31.1 Å². The molecule has 0 bridgehead atoms. The maximum absolute atomic E-state index is 12.7. The van der Waals surface area contributed by atoms with Crippen molar-refractivity contribution in [1.82, 2.24) is 10.5 Å². The molecule has 0 aliphatic rings. The summed E-state index contributed by atoms with van der Waals surface area (Å²) in [4.78, 5) is 23.2. The van der Waals surface area contributed by atoms with Crippen LogP contribution in [0.15, 0.2) is 65.3 Å². The van der Waals surface area contributed by atoms with Crippen molar-refractivity contribution < 1.29 is 45.6 Å². The van der Waals surface area contributed by atoms with Gasteiger partial charge in [-0.05, 0) is 37.1 Å². The second kappa shape index (κ2) is 13.5. The van der Waals surface area contributed by atoms with Gasteiger partial charge >= 0.3 is 18.3 Å². The first kappa shape index (κ1) is 30.2. The molecule has 1 aromatic heterocycles. The van der Waals surface area contributed by atoms with E-state index in [2.05, 4.69) is 15.4 Å². The molecule has 206 valence electrons. The van der Waals surface area contributed by atoms with Gasteiger partial charge in [-0.2, -0.15) is 26.3 Å². The molecule has 0 aliphatic carbocycles. The van der Waals surface area contributed by atoms with E-state index in [4.69, 9.17) is 14.4 Å². The van der Waals surface area contributed by atoms with Crippen molar-refractivity contribution in [2.75, 3.05) is 25.0 Å². The normalized spacial score (nSPS) is 11.3. The molecule has 0 saturated heterocycles. The lowest BCUT2D eigenvalue weighted by Crippen LogP contribution is -2.28. The average molecular weight is 545 g/mol. The van der Waals surface area contributed by atoms with Gasteiger partial charge in [0.05, 0.1) is 11.8 Å². The van der Waals surface area contributed by atoms with E-state index in [1.54, 1.807) is 0 Å². The molecule has 0 fully saturated rings. The Labute approximate surface area is 214 Å². The lowest BCUT2D eigenvalue weighted by molar-refractivity contribution is -0.192. The maximum Gasteiger partial charge on any atom is 0.490 e. The first-order chi connectivity index (χ1) is 17.8. The Balaban J connectivity index is 0.000000638. The Kier molecular flexibility index (Phi) is 10.7. The highest BCUT2D eigenvalue weighted by Crippen LogP contribution is 2.32. The number of anilines is 1. The van der Waals surface area contributed by atoms with Gasteiger partial charge in [0.15, 0.2) is 5.76 Å². The van der Waals surface area contributed by atoms with Gasteiger partial charge in [-0.1, -0.05) is 35.5 Å². The molecule has 0 atom stereocenters. The van der Waals surface area contributed by atoms with Crippen LogP contribution in [0.2, 0.25) is 0 Å². The summed E-state index contributed by atoms with van der Waals surface area (Å²) in [5.74, 6) is -2.47. The monoisotopic (exact) mass is 545 g/mol. The number of alkyl halides is 6. The second-order valence-electron chi connectivity index (χ2n) is 8.02. The van der Waals surface area contributed by atoms with Crippen molar-refractivity contribution in [3.8, 4) is 11.3 Å². The van der Waals surface area contributed by atoms with Gasteiger partial charge in [0, 0.05) is 43.4 Å². The molecule has 0 aliphatic heterocycles. The SMILES string of the molecule is CN(CCCNC(=O)CCc1cnoc1-c1ccc(C(F)(F)F)cc1)c1ccccc1.O=C(O)C(F)(F)F. The van der Waals surface area contributed by atoms with Crippen LogP contribution in [0.5, 0.6) is 0 Å². The zero-order chi connectivity index (χ0) is 28.3. The molecule has 13 heteroatoms. The number of amides is 1. The minimum absolute atomic E-state index is 0.0954. The molecular formula is C25H25F6N3O4. The molecule has 1 amide bonds. The van der Waals surface area contributed by atoms with Crippen LogP contribution in [0, 0.1) is 0 Å². The number of para-hydroxylation sites is 1. The highest BCUT2D eigenvalue weighted by Gasteiger charge is 2.38. The van der Waals surface area contributed by atoms with Crippen LogP contribution in [0.25, 0.3) is 11.3 Å². The zero-order valence-electron chi connectivity index (χ0n) is 20.1. The van der Waals surface area contributed by atoms with E-state index in [0.717, 1.165) is 30.8 Å². The number of benzene rings is 2. The predicted octanol–water partition coefficient (Wildman–Crippen LogP) is 5.57. The van der Waals surface area contributed by atoms with Crippen molar-refractivity contribution >= 4 is 17.6 Å². The lowest BCUT2D eigenvalue weighted by atomic mass is 10.0. The van der Waals surface area contributed by atoms with Gasteiger partial charge in [0.2, 0.25) is 5.91 Å². The number of carbonyl (C=O) groups is 2. The van der Waals surface area contributed by atoms with E-state index in [1.165, 1.54) is 18.3 Å². The Morgan fingerprint density at radius 2 is 1.61 bits per heavy atom. The number of nitrogens with one attached hydrogen (secondary N) is 1. The van der Waals surface area contributed by atoms with Gasteiger partial charge in [0.25, 0.3) is 0 Å². The number of hydrogen-bond donors (Lipinski definition) is 2. The Bertz CT molecular complexity index is 1160. The number of aromatic nitrogens is 1. The van der Waals surface area contributed by atoms with Crippen LogP contribution in [0.1, 0.15) is 24.0 Å². The lowest BCUT2D eigenvalue weighted by Gasteiger charge is -2.19. The molecule has 7 nitrogen and oxygen atoms in total. The smallest absolute Gasteiger partial charge is 0.475 e. The molecule has 2 N–H and O–H groups in total. The standard InChI is InChI=1S/C23H24F3N3O2.C2HF3O2/c1-29(20-6-3-2-4-7-20)15-5-14-27-21(30)13-10-18-16-28-31-22(18)17-8-11-19(12-9-17)23(24,25)26;3-2(4,5)1(6)7/h2-4,6-9,11-12,16H,5,10,13-15H2,1H3,(H,27,30);(H,6,7). The Hall–Kier alpha value is -4.03. The molecule has 2 aromatic carbocycles. The fourth-order valence-electron chi connectivity index (χ4n) is 3.18. The molecule has 0 saturated carbocycles. The molecule has 0 radical (unpaired) electrons. The summed E-state index contributed by atoms with van der Waals surface area (Å²) >= 11 is 0.